The van der Waals surface area contributed by atoms with Crippen molar-refractivity contribution in [2.24, 2.45) is 5.73 Å². The summed E-state index contributed by atoms with van der Waals surface area (Å²) in [5.41, 5.74) is 5.44. The van der Waals surface area contributed by atoms with E-state index in [0.29, 0.717) is 0 Å². The number of hydrogen-bond acceptors (Lipinski definition) is 6. The number of aliphatic carboxylic acids is 2. The number of nitrogens with two attached hydrogens (primary N) is 1. The fraction of sp³-hybridized carbons (Fsp3) is 0.625. The molecule has 0 aromatic carbocycles. The van der Waals surface area contributed by atoms with E-state index in [2.05, 4.69) is 12.6 Å². The van der Waals surface area contributed by atoms with Gasteiger partial charge in [-0.1, -0.05) is 0 Å². The van der Waals surface area contributed by atoms with Crippen molar-refractivity contribution in [3.63, 3.8) is 0 Å². The van der Waals surface area contributed by atoms with E-state index in [1.807, 2.05) is 0 Å². The van der Waals surface area contributed by atoms with Crippen molar-refractivity contribution in [3.8, 4) is 0 Å². The van der Waals surface area contributed by atoms with Crippen LogP contribution in [0.1, 0.15) is 12.8 Å². The van der Waals surface area contributed by atoms with Gasteiger partial charge in [0.05, 0.1) is 5.75 Å². The normalized spacial score (nSPS) is 15.9. The average Bonchev–Trinajstić information content (AvgIpc) is 2.24. The number of carboxylic acids is 2. The Kier molecular flexibility index (Phi) is 7.19. The summed E-state index contributed by atoms with van der Waals surface area (Å²) in [6, 6.07) is -2.25. The smallest absolute Gasteiger partial charge is 0.362 e. The molecular weight excluding hydrogens is 268 g/mol. The highest BCUT2D eigenvalue weighted by Crippen LogP contribution is 1.94. The molecule has 3 unspecified atom stereocenters. The number of thiol groups is 1. The molecule has 3 atom stereocenters. The first-order valence-corrected chi connectivity index (χ1v) is 5.74. The Morgan fingerprint density at radius 1 is 1.35 bits per heavy atom. The second-order valence-electron chi connectivity index (χ2n) is 3.34. The molecule has 0 heterocycles. The topological polar surface area (TPSA) is 122 Å². The molecule has 0 saturated heterocycles. The molecule has 98 valence electrons. The number of carbonyl (C=O) groups excluding carboxylic acids is 1. The van der Waals surface area contributed by atoms with Gasteiger partial charge in [-0.05, 0) is 6.42 Å². The first-order chi connectivity index (χ1) is 7.81. The Morgan fingerprint density at radius 2 is 1.88 bits per heavy atom. The monoisotopic (exact) mass is 282 g/mol. The van der Waals surface area contributed by atoms with E-state index in [1.165, 1.54) is 0 Å². The van der Waals surface area contributed by atoms with Crippen molar-refractivity contribution in [1.82, 2.24) is 0 Å². The lowest BCUT2D eigenvalue weighted by molar-refractivity contribution is -0.687. The van der Waals surface area contributed by atoms with Gasteiger partial charge in [0, 0.05) is 6.42 Å². The quantitative estimate of drug-likeness (QED) is 0.257. The van der Waals surface area contributed by atoms with Crippen molar-refractivity contribution >= 4 is 43.3 Å². The Morgan fingerprint density at radius 3 is 2.24 bits per heavy atom. The van der Waals surface area contributed by atoms with E-state index >= 15 is 0 Å². The summed E-state index contributed by atoms with van der Waals surface area (Å²) >= 11 is 8.51. The molecule has 9 heteroatoms. The van der Waals surface area contributed by atoms with Crippen LogP contribution in [0.2, 0.25) is 0 Å². The van der Waals surface area contributed by atoms with Gasteiger partial charge in [0.15, 0.2) is 6.04 Å². The SMILES string of the molecule is NC(CCC(=O)O)C(=O)[NH+]([S-])C(CS)C(=O)O. The van der Waals surface area contributed by atoms with Crippen molar-refractivity contribution in [2.75, 3.05) is 5.75 Å². The lowest BCUT2D eigenvalue weighted by Gasteiger charge is -2.28. The van der Waals surface area contributed by atoms with Gasteiger partial charge in [0.2, 0.25) is 0 Å². The van der Waals surface area contributed by atoms with Crippen LogP contribution in [0.25, 0.3) is 0 Å². The Balaban J connectivity index is 4.46. The molecular formula is C8H14N2O5S2. The summed E-state index contributed by atoms with van der Waals surface area (Å²) < 4.78 is -0.314. The highest BCUT2D eigenvalue weighted by molar-refractivity contribution is 7.80. The maximum absolute atomic E-state index is 11.6. The van der Waals surface area contributed by atoms with E-state index in [4.69, 9.17) is 28.8 Å². The summed E-state index contributed by atoms with van der Waals surface area (Å²) in [6.07, 6.45) is -0.346. The van der Waals surface area contributed by atoms with Gasteiger partial charge < -0.3 is 33.1 Å². The molecule has 0 spiro atoms. The third kappa shape index (κ3) is 5.39. The van der Waals surface area contributed by atoms with Crippen molar-refractivity contribution in [3.05, 3.63) is 0 Å². The first kappa shape index (κ1) is 16.2. The zero-order valence-corrected chi connectivity index (χ0v) is 10.5. The molecule has 1 amide bonds. The van der Waals surface area contributed by atoms with E-state index in [0.717, 1.165) is 0 Å². The molecule has 0 saturated carbocycles. The van der Waals surface area contributed by atoms with Crippen LogP contribution in [0.5, 0.6) is 0 Å². The summed E-state index contributed by atoms with van der Waals surface area (Å²) in [5, 5.41) is 17.2. The lowest BCUT2D eigenvalue weighted by atomic mass is 10.1. The van der Waals surface area contributed by atoms with Gasteiger partial charge in [-0.25, -0.2) is 9.59 Å². The van der Waals surface area contributed by atoms with Crippen molar-refractivity contribution in [2.45, 2.75) is 24.9 Å². The predicted molar refractivity (Wildman–Crippen MR) is 63.5 cm³/mol. The third-order valence-electron chi connectivity index (χ3n) is 2.05. The van der Waals surface area contributed by atoms with Crippen LogP contribution in [-0.4, -0.2) is 45.9 Å². The van der Waals surface area contributed by atoms with E-state index < -0.39 is 29.9 Å². The van der Waals surface area contributed by atoms with Crippen LogP contribution in [0, 0.1) is 0 Å². The second kappa shape index (κ2) is 7.54. The molecule has 7 nitrogen and oxygen atoms in total. The fourth-order valence-electron chi connectivity index (χ4n) is 1.04. The zero-order valence-electron chi connectivity index (χ0n) is 8.83. The standard InChI is InChI=1S/C8H14N2O5S2/c9-4(1-2-6(11)12)7(13)10(17)5(3-16)8(14)15/h4-5,10,16H,1-3,9H2,(H,11,12)(H,14,15). The van der Waals surface area contributed by atoms with Gasteiger partial charge in [-0.15, -0.1) is 0 Å². The number of rotatable bonds is 7. The largest absolute Gasteiger partial charge is 0.486 e. The van der Waals surface area contributed by atoms with Gasteiger partial charge in [-0.2, -0.15) is 12.6 Å². The summed E-state index contributed by atoms with van der Waals surface area (Å²) in [4.78, 5) is 32.6. The Labute approximate surface area is 109 Å². The van der Waals surface area contributed by atoms with Gasteiger partial charge in [0.25, 0.3) is 0 Å². The second-order valence-corrected chi connectivity index (χ2v) is 4.15. The maximum Gasteiger partial charge on any atom is 0.362 e. The highest BCUT2D eigenvalue weighted by Gasteiger charge is 2.30. The molecule has 0 aliphatic carbocycles. The molecule has 0 rings (SSSR count). The molecule has 0 aliphatic heterocycles. The first-order valence-electron chi connectivity index (χ1n) is 4.70. The molecule has 0 aromatic rings. The minimum atomic E-state index is -1.25. The number of nitrogens with one attached hydrogen (secondary N) is 1. The number of amides is 1. The van der Waals surface area contributed by atoms with E-state index in [1.54, 1.807) is 0 Å². The highest BCUT2D eigenvalue weighted by atomic mass is 32.1. The van der Waals surface area contributed by atoms with E-state index in [9.17, 15) is 14.4 Å². The Bertz CT molecular complexity index is 312. The molecule has 17 heavy (non-hydrogen) atoms. The van der Waals surface area contributed by atoms with Crippen LogP contribution in [0.4, 0.5) is 0 Å². The zero-order chi connectivity index (χ0) is 13.6. The number of carbonyl (C=O) groups is 3. The number of quaternary nitrogens is 1. The van der Waals surface area contributed by atoms with Crippen LogP contribution in [0.3, 0.4) is 0 Å². The van der Waals surface area contributed by atoms with Gasteiger partial charge in [-0.3, -0.25) is 4.79 Å². The molecule has 0 radical (unpaired) electrons. The average molecular weight is 282 g/mol. The third-order valence-corrected chi connectivity index (χ3v) is 2.90. The van der Waals surface area contributed by atoms with E-state index in [-0.39, 0.29) is 22.9 Å². The summed E-state index contributed by atoms with van der Waals surface area (Å²) in [7, 11) is 0. The van der Waals surface area contributed by atoms with Gasteiger partial charge >= 0.3 is 17.8 Å². The minimum Gasteiger partial charge on any atom is -0.486 e. The van der Waals surface area contributed by atoms with Crippen LogP contribution >= 0.6 is 12.6 Å². The fourth-order valence-corrected chi connectivity index (χ4v) is 1.84. The minimum absolute atomic E-state index is 0.0762. The van der Waals surface area contributed by atoms with Crippen LogP contribution in [-0.2, 0) is 27.2 Å². The van der Waals surface area contributed by atoms with Crippen molar-refractivity contribution < 1.29 is 28.9 Å². The van der Waals surface area contributed by atoms with Crippen LogP contribution < -0.4 is 10.0 Å². The number of carboxylic acid groups (broad SMARTS) is 2. The predicted octanol–water partition coefficient (Wildman–Crippen LogP) is -2.57. The molecule has 0 bridgehead atoms. The molecule has 5 N–H and O–H groups in total. The maximum atomic E-state index is 11.6. The Hall–Kier alpha value is -0.770. The molecule has 0 aromatic heterocycles. The van der Waals surface area contributed by atoms with Crippen LogP contribution in [0.15, 0.2) is 0 Å². The summed E-state index contributed by atoms with van der Waals surface area (Å²) in [6.45, 7) is 0. The molecule has 0 aliphatic rings. The lowest BCUT2D eigenvalue weighted by Crippen LogP contribution is -3.17. The molecule has 0 fully saturated rings. The van der Waals surface area contributed by atoms with Crippen molar-refractivity contribution in [1.29, 1.82) is 0 Å². The van der Waals surface area contributed by atoms with Gasteiger partial charge in [0.1, 0.15) is 6.04 Å². The number of hydrogen-bond donors (Lipinski definition) is 5. The summed E-state index contributed by atoms with van der Waals surface area (Å²) in [5.74, 6) is -3.14.